The number of nitro groups is 1. The number of benzene rings is 1. The van der Waals surface area contributed by atoms with Crippen molar-refractivity contribution < 1.29 is 4.92 Å². The number of hydrogen-bond acceptors (Lipinski definition) is 3. The maximum atomic E-state index is 11.1. The lowest BCUT2D eigenvalue weighted by atomic mass is 10.3. The van der Waals surface area contributed by atoms with E-state index in [1.807, 2.05) is 48.0 Å². The number of imidazole rings is 2. The van der Waals surface area contributed by atoms with E-state index in [2.05, 4.69) is 4.98 Å². The van der Waals surface area contributed by atoms with Gasteiger partial charge in [0.25, 0.3) is 0 Å². The number of aromatic nitrogens is 3. The second kappa shape index (κ2) is 3.94. The van der Waals surface area contributed by atoms with Crippen LogP contribution in [0.15, 0.2) is 36.5 Å². The molecule has 0 saturated heterocycles. The second-order valence-electron chi connectivity index (χ2n) is 4.37. The van der Waals surface area contributed by atoms with Gasteiger partial charge in [-0.3, -0.25) is 8.97 Å². The van der Waals surface area contributed by atoms with Crippen molar-refractivity contribution in [3.8, 4) is 5.69 Å². The van der Waals surface area contributed by atoms with Crippen molar-refractivity contribution in [2.24, 2.45) is 0 Å². The van der Waals surface area contributed by atoms with E-state index < -0.39 is 4.92 Å². The van der Waals surface area contributed by atoms with Gasteiger partial charge >= 0.3 is 5.82 Å². The van der Waals surface area contributed by atoms with Crippen LogP contribution in [0.25, 0.3) is 11.3 Å². The molecule has 3 aromatic rings. The van der Waals surface area contributed by atoms with Crippen molar-refractivity contribution >= 4 is 11.5 Å². The van der Waals surface area contributed by atoms with E-state index in [-0.39, 0.29) is 5.82 Å². The minimum absolute atomic E-state index is 0.116. The molecule has 0 amide bonds. The quantitative estimate of drug-likeness (QED) is 0.523. The van der Waals surface area contributed by atoms with E-state index in [1.54, 1.807) is 11.3 Å². The number of nitrogens with zero attached hydrogens (tertiary/aromatic N) is 4. The Bertz CT molecular complexity index is 771. The van der Waals surface area contributed by atoms with Gasteiger partial charge in [0.2, 0.25) is 11.5 Å². The molecule has 0 radical (unpaired) electrons. The molecule has 2 heterocycles. The molecule has 0 aliphatic carbocycles. The summed E-state index contributed by atoms with van der Waals surface area (Å²) in [7, 11) is 0. The van der Waals surface area contributed by atoms with E-state index in [0.717, 1.165) is 11.4 Å². The van der Waals surface area contributed by atoms with Crippen LogP contribution in [0, 0.1) is 24.0 Å². The molecule has 96 valence electrons. The number of rotatable bonds is 2. The smallest absolute Gasteiger partial charge is 0.358 e. The molecule has 3 rings (SSSR count). The van der Waals surface area contributed by atoms with Gasteiger partial charge in [-0.25, -0.2) is 0 Å². The van der Waals surface area contributed by atoms with Crippen LogP contribution in [0.2, 0.25) is 0 Å². The van der Waals surface area contributed by atoms with E-state index >= 15 is 0 Å². The summed E-state index contributed by atoms with van der Waals surface area (Å²) in [6.45, 7) is 3.68. The van der Waals surface area contributed by atoms with E-state index in [9.17, 15) is 10.1 Å². The lowest BCUT2D eigenvalue weighted by Crippen LogP contribution is -1.99. The highest BCUT2D eigenvalue weighted by atomic mass is 16.6. The van der Waals surface area contributed by atoms with Crippen molar-refractivity contribution in [2.75, 3.05) is 0 Å². The fourth-order valence-electron chi connectivity index (χ4n) is 2.32. The fourth-order valence-corrected chi connectivity index (χ4v) is 2.32. The third-order valence-corrected chi connectivity index (χ3v) is 3.11. The minimum atomic E-state index is -0.443. The molecule has 6 nitrogen and oxygen atoms in total. The number of hydrogen-bond donors (Lipinski definition) is 0. The zero-order valence-corrected chi connectivity index (χ0v) is 10.6. The Morgan fingerprint density at radius 1 is 1.21 bits per heavy atom. The Morgan fingerprint density at radius 2 is 1.89 bits per heavy atom. The summed E-state index contributed by atoms with van der Waals surface area (Å²) in [5.74, 6) is 0.494. The van der Waals surface area contributed by atoms with Crippen LogP contribution in [0.4, 0.5) is 5.82 Å². The molecule has 2 aromatic heterocycles. The number of aryl methyl sites for hydroxylation is 2. The highest BCUT2D eigenvalue weighted by Crippen LogP contribution is 2.26. The van der Waals surface area contributed by atoms with Gasteiger partial charge in [0.15, 0.2) is 0 Å². The van der Waals surface area contributed by atoms with Crippen LogP contribution in [0.1, 0.15) is 11.5 Å². The van der Waals surface area contributed by atoms with Crippen LogP contribution in [-0.4, -0.2) is 18.9 Å². The highest BCUT2D eigenvalue weighted by Gasteiger charge is 2.25. The molecule has 1 aromatic carbocycles. The Balaban J connectivity index is 2.42. The molecule has 0 atom stereocenters. The van der Waals surface area contributed by atoms with E-state index in [4.69, 9.17) is 0 Å². The van der Waals surface area contributed by atoms with Crippen molar-refractivity contribution in [3.05, 3.63) is 58.2 Å². The lowest BCUT2D eigenvalue weighted by molar-refractivity contribution is -0.387. The van der Waals surface area contributed by atoms with E-state index in [0.29, 0.717) is 11.5 Å². The summed E-state index contributed by atoms with van der Waals surface area (Å²) in [5, 5.41) is 11.1. The van der Waals surface area contributed by atoms with Gasteiger partial charge in [-0.15, -0.1) is 0 Å². The number of para-hydroxylation sites is 1. The lowest BCUT2D eigenvalue weighted by Gasteiger charge is -2.05. The first kappa shape index (κ1) is 11.5. The van der Waals surface area contributed by atoms with Gasteiger partial charge < -0.3 is 10.1 Å². The minimum Gasteiger partial charge on any atom is -0.358 e. The van der Waals surface area contributed by atoms with Crippen LogP contribution < -0.4 is 0 Å². The van der Waals surface area contributed by atoms with Crippen molar-refractivity contribution in [3.63, 3.8) is 0 Å². The zero-order valence-electron chi connectivity index (χ0n) is 10.6. The molecule has 0 saturated carbocycles. The van der Waals surface area contributed by atoms with Crippen molar-refractivity contribution in [2.45, 2.75) is 13.8 Å². The Morgan fingerprint density at radius 3 is 2.53 bits per heavy atom. The normalized spacial score (nSPS) is 11.1. The first-order valence-corrected chi connectivity index (χ1v) is 5.86. The first-order chi connectivity index (χ1) is 9.09. The topological polar surface area (TPSA) is 65.4 Å². The summed E-state index contributed by atoms with van der Waals surface area (Å²) in [5.41, 5.74) is 2.30. The molecular weight excluding hydrogens is 244 g/mol. The fraction of sp³-hybridized carbons (Fsp3) is 0.154. The molecule has 6 heteroatoms. The molecule has 0 N–H and O–H groups in total. The van der Waals surface area contributed by atoms with Crippen molar-refractivity contribution in [1.29, 1.82) is 0 Å². The maximum Gasteiger partial charge on any atom is 0.408 e. The van der Waals surface area contributed by atoms with Gasteiger partial charge in [-0.05, 0) is 29.0 Å². The standard InChI is InChI=1S/C13H12N4O2/c1-9-8-15-10(2)14-12(17(18)19)13(15)16(9)11-6-4-3-5-7-11/h3-8H,1-2H3. The summed E-state index contributed by atoms with van der Waals surface area (Å²) < 4.78 is 3.60. The maximum absolute atomic E-state index is 11.1. The van der Waals surface area contributed by atoms with Crippen LogP contribution in [0.3, 0.4) is 0 Å². The Kier molecular flexibility index (Phi) is 2.38. The van der Waals surface area contributed by atoms with Gasteiger partial charge in [0.05, 0.1) is 0 Å². The van der Waals surface area contributed by atoms with Gasteiger partial charge in [-0.2, -0.15) is 0 Å². The average molecular weight is 256 g/mol. The molecule has 0 unspecified atom stereocenters. The Labute approximate surface area is 109 Å². The van der Waals surface area contributed by atoms with Gasteiger partial charge in [0.1, 0.15) is 0 Å². The predicted molar refractivity (Wildman–Crippen MR) is 70.6 cm³/mol. The zero-order chi connectivity index (χ0) is 13.6. The molecule has 0 aliphatic heterocycles. The van der Waals surface area contributed by atoms with E-state index in [1.165, 1.54) is 0 Å². The predicted octanol–water partition coefficient (Wildman–Crippen LogP) is 2.65. The summed E-state index contributed by atoms with van der Waals surface area (Å²) in [4.78, 5) is 14.7. The third kappa shape index (κ3) is 1.61. The van der Waals surface area contributed by atoms with Crippen molar-refractivity contribution in [1.82, 2.24) is 14.0 Å². The van der Waals surface area contributed by atoms with Crippen LogP contribution in [0.5, 0.6) is 0 Å². The molecule has 0 bridgehead atoms. The molecule has 19 heavy (non-hydrogen) atoms. The van der Waals surface area contributed by atoms with Crippen LogP contribution >= 0.6 is 0 Å². The molecule has 0 spiro atoms. The summed E-state index contributed by atoms with van der Waals surface area (Å²) in [6, 6.07) is 9.55. The average Bonchev–Trinajstić information content (AvgIpc) is 2.88. The largest absolute Gasteiger partial charge is 0.408 e. The Hall–Kier alpha value is -2.63. The van der Waals surface area contributed by atoms with Crippen LogP contribution in [-0.2, 0) is 0 Å². The first-order valence-electron chi connectivity index (χ1n) is 5.86. The third-order valence-electron chi connectivity index (χ3n) is 3.11. The number of fused-ring (bicyclic) bond motifs is 1. The second-order valence-corrected chi connectivity index (χ2v) is 4.37. The summed E-state index contributed by atoms with van der Waals surface area (Å²) >= 11 is 0. The monoisotopic (exact) mass is 256 g/mol. The molecule has 0 aliphatic rings. The highest BCUT2D eigenvalue weighted by molar-refractivity contribution is 5.63. The summed E-state index contributed by atoms with van der Waals surface area (Å²) in [6.07, 6.45) is 1.86. The molecule has 0 fully saturated rings. The molecular formula is C13H12N4O2. The SMILES string of the molecule is Cc1cn2c(C)nc([N+](=O)[O-])c2n1-c1ccccc1. The van der Waals surface area contributed by atoms with Gasteiger partial charge in [0, 0.05) is 24.5 Å². The van der Waals surface area contributed by atoms with Gasteiger partial charge in [-0.1, -0.05) is 18.2 Å².